The van der Waals surface area contributed by atoms with E-state index < -0.39 is 11.7 Å². The summed E-state index contributed by atoms with van der Waals surface area (Å²) in [6, 6.07) is 14.9. The van der Waals surface area contributed by atoms with Crippen LogP contribution in [-0.2, 0) is 25.7 Å². The summed E-state index contributed by atoms with van der Waals surface area (Å²) >= 11 is 0. The predicted molar refractivity (Wildman–Crippen MR) is 147 cm³/mol. The molecule has 7 nitrogen and oxygen atoms in total. The van der Waals surface area contributed by atoms with Gasteiger partial charge in [0.2, 0.25) is 0 Å². The molecule has 2 aliphatic rings. The zero-order valence-corrected chi connectivity index (χ0v) is 22.3. The number of nitrogens with one attached hydrogen (secondary N) is 1. The molecule has 2 aromatic carbocycles. The van der Waals surface area contributed by atoms with Gasteiger partial charge in [-0.25, -0.2) is 9.67 Å². The Kier molecular flexibility index (Phi) is 6.95. The number of benzene rings is 2. The summed E-state index contributed by atoms with van der Waals surface area (Å²) in [6.45, 7) is 5.84. The van der Waals surface area contributed by atoms with Crippen LogP contribution in [0.5, 0.6) is 0 Å². The molecule has 0 aliphatic carbocycles. The molecule has 4 aromatic rings. The maximum atomic E-state index is 13.1. The third-order valence-corrected chi connectivity index (χ3v) is 7.83. The molecule has 1 saturated heterocycles. The van der Waals surface area contributed by atoms with Crippen LogP contribution in [0, 0.1) is 6.92 Å². The van der Waals surface area contributed by atoms with Gasteiger partial charge in [0, 0.05) is 50.3 Å². The van der Waals surface area contributed by atoms with E-state index in [0.717, 1.165) is 55.3 Å². The molecule has 1 fully saturated rings. The van der Waals surface area contributed by atoms with Crippen LogP contribution in [0.3, 0.4) is 0 Å². The summed E-state index contributed by atoms with van der Waals surface area (Å²) in [6.07, 6.45) is -0.298. The normalized spacial score (nSPS) is 16.2. The van der Waals surface area contributed by atoms with Crippen LogP contribution in [0.2, 0.25) is 0 Å². The number of H-pyrrole nitrogens is 1. The van der Waals surface area contributed by atoms with Crippen LogP contribution < -0.4 is 10.5 Å². The van der Waals surface area contributed by atoms with Crippen molar-refractivity contribution in [3.8, 4) is 17.1 Å². The van der Waals surface area contributed by atoms with E-state index in [1.165, 1.54) is 24.1 Å². The molecule has 4 heterocycles. The van der Waals surface area contributed by atoms with Crippen molar-refractivity contribution in [2.75, 3.05) is 24.5 Å². The molecule has 6 rings (SSSR count). The first kappa shape index (κ1) is 26.3. The molecule has 2 aromatic heterocycles. The van der Waals surface area contributed by atoms with E-state index in [9.17, 15) is 18.0 Å². The van der Waals surface area contributed by atoms with Gasteiger partial charge in [0.05, 0.1) is 28.2 Å². The van der Waals surface area contributed by atoms with Gasteiger partial charge in [-0.15, -0.1) is 0 Å². The number of aryl methyl sites for hydroxylation is 1. The minimum Gasteiger partial charge on any atom is -0.356 e. The lowest BCUT2D eigenvalue weighted by atomic mass is 10.0. The number of hydrogen-bond acceptors (Lipinski definition) is 5. The Morgan fingerprint density at radius 2 is 1.68 bits per heavy atom. The quantitative estimate of drug-likeness (QED) is 0.357. The molecular weight excluding hydrogens is 517 g/mol. The van der Waals surface area contributed by atoms with Crippen molar-refractivity contribution in [1.82, 2.24) is 24.6 Å². The maximum Gasteiger partial charge on any atom is 0.416 e. The SMILES string of the molecule is Cc1nn(-c2ccccc2)c(N2CCCCC2)c1CN1CCc2nc(-c3ccc(C(F)(F)F)cc3)[nH]c(=O)c2C1. The zero-order chi connectivity index (χ0) is 27.9. The number of fused-ring (bicyclic) bond motifs is 1. The average Bonchev–Trinajstić information content (AvgIpc) is 3.29. The summed E-state index contributed by atoms with van der Waals surface area (Å²) in [4.78, 5) is 25.3. The summed E-state index contributed by atoms with van der Waals surface area (Å²) < 4.78 is 40.9. The first-order valence-corrected chi connectivity index (χ1v) is 13.7. The molecule has 0 spiro atoms. The molecule has 0 saturated carbocycles. The highest BCUT2D eigenvalue weighted by Gasteiger charge is 2.31. The average molecular weight is 549 g/mol. The zero-order valence-electron chi connectivity index (χ0n) is 22.3. The molecule has 0 unspecified atom stereocenters. The summed E-state index contributed by atoms with van der Waals surface area (Å²) in [5, 5.41) is 4.95. The predicted octanol–water partition coefficient (Wildman–Crippen LogP) is 5.50. The van der Waals surface area contributed by atoms with E-state index in [-0.39, 0.29) is 5.56 Å². The highest BCUT2D eigenvalue weighted by molar-refractivity contribution is 5.57. The topological polar surface area (TPSA) is 70.1 Å². The van der Waals surface area contributed by atoms with Crippen molar-refractivity contribution < 1.29 is 13.2 Å². The second kappa shape index (κ2) is 10.6. The highest BCUT2D eigenvalue weighted by atomic mass is 19.4. The first-order chi connectivity index (χ1) is 19.3. The van der Waals surface area contributed by atoms with Crippen LogP contribution in [0.1, 0.15) is 47.3 Å². The van der Waals surface area contributed by atoms with E-state index in [1.54, 1.807) is 0 Å². The lowest BCUT2D eigenvalue weighted by molar-refractivity contribution is -0.137. The Morgan fingerprint density at radius 1 is 0.950 bits per heavy atom. The lowest BCUT2D eigenvalue weighted by Crippen LogP contribution is -2.36. The van der Waals surface area contributed by atoms with Crippen LogP contribution in [0.15, 0.2) is 59.4 Å². The van der Waals surface area contributed by atoms with Crippen LogP contribution in [-0.4, -0.2) is 44.3 Å². The Labute approximate surface area is 230 Å². The fourth-order valence-electron chi connectivity index (χ4n) is 5.71. The molecule has 0 radical (unpaired) electrons. The van der Waals surface area contributed by atoms with E-state index in [0.29, 0.717) is 48.7 Å². The van der Waals surface area contributed by atoms with Crippen molar-refractivity contribution in [2.24, 2.45) is 0 Å². The number of alkyl halides is 3. The number of para-hydroxylation sites is 1. The Bertz CT molecular complexity index is 1550. The van der Waals surface area contributed by atoms with Gasteiger partial charge in [-0.2, -0.15) is 18.3 Å². The van der Waals surface area contributed by atoms with Gasteiger partial charge in [0.1, 0.15) is 11.6 Å². The third kappa shape index (κ3) is 5.15. The number of aromatic nitrogens is 4. The number of halogens is 3. The number of hydrogen-bond donors (Lipinski definition) is 1. The molecule has 1 N–H and O–H groups in total. The summed E-state index contributed by atoms with van der Waals surface area (Å²) in [7, 11) is 0. The standard InChI is InChI=1S/C30H31F3N6O/c1-20-24(29(38-15-6-3-7-16-38)39(36-20)23-8-4-2-5-9-23)18-37-17-14-26-25(19-37)28(40)35-27(34-26)21-10-12-22(13-11-21)30(31,32)33/h2,4-5,8-13H,3,6-7,14-19H2,1H3,(H,34,35,40). The molecule has 0 amide bonds. The van der Waals surface area contributed by atoms with E-state index in [2.05, 4.69) is 36.6 Å². The molecule has 0 atom stereocenters. The van der Waals surface area contributed by atoms with E-state index in [4.69, 9.17) is 5.10 Å². The number of anilines is 1. The summed E-state index contributed by atoms with van der Waals surface area (Å²) in [5.41, 5.74) is 3.93. The molecule has 10 heteroatoms. The van der Waals surface area contributed by atoms with Crippen molar-refractivity contribution in [3.05, 3.63) is 93.0 Å². The highest BCUT2D eigenvalue weighted by Crippen LogP contribution is 2.33. The van der Waals surface area contributed by atoms with Gasteiger partial charge >= 0.3 is 6.18 Å². The molecule has 2 aliphatic heterocycles. The Morgan fingerprint density at radius 3 is 2.38 bits per heavy atom. The minimum atomic E-state index is -4.41. The van der Waals surface area contributed by atoms with Crippen molar-refractivity contribution in [1.29, 1.82) is 0 Å². The Hall–Kier alpha value is -3.92. The lowest BCUT2D eigenvalue weighted by Gasteiger charge is -2.32. The number of piperidine rings is 1. The second-order valence-electron chi connectivity index (χ2n) is 10.6. The van der Waals surface area contributed by atoms with Crippen LogP contribution in [0.4, 0.5) is 19.0 Å². The smallest absolute Gasteiger partial charge is 0.356 e. The molecule has 0 bridgehead atoms. The van der Waals surface area contributed by atoms with Crippen LogP contribution >= 0.6 is 0 Å². The van der Waals surface area contributed by atoms with E-state index >= 15 is 0 Å². The van der Waals surface area contributed by atoms with Gasteiger partial charge in [-0.3, -0.25) is 9.69 Å². The van der Waals surface area contributed by atoms with Gasteiger partial charge in [-0.05, 0) is 50.5 Å². The maximum absolute atomic E-state index is 13.1. The van der Waals surface area contributed by atoms with Gasteiger partial charge in [0.15, 0.2) is 0 Å². The fraction of sp³-hybridized carbons (Fsp3) is 0.367. The minimum absolute atomic E-state index is 0.252. The molecule has 208 valence electrons. The van der Waals surface area contributed by atoms with Gasteiger partial charge in [-0.1, -0.05) is 30.3 Å². The largest absolute Gasteiger partial charge is 0.416 e. The molecule has 40 heavy (non-hydrogen) atoms. The number of aromatic amines is 1. The third-order valence-electron chi connectivity index (χ3n) is 7.83. The van der Waals surface area contributed by atoms with E-state index in [1.807, 2.05) is 25.1 Å². The molecular formula is C30H31F3N6O. The van der Waals surface area contributed by atoms with Crippen molar-refractivity contribution in [2.45, 2.75) is 51.9 Å². The number of nitrogens with zero attached hydrogens (tertiary/aromatic N) is 5. The monoisotopic (exact) mass is 548 g/mol. The first-order valence-electron chi connectivity index (χ1n) is 13.7. The van der Waals surface area contributed by atoms with Gasteiger partial charge in [0.25, 0.3) is 5.56 Å². The summed E-state index contributed by atoms with van der Waals surface area (Å²) in [5.74, 6) is 1.41. The van der Waals surface area contributed by atoms with Gasteiger partial charge < -0.3 is 9.88 Å². The fourth-order valence-corrected chi connectivity index (χ4v) is 5.71. The van der Waals surface area contributed by atoms with Crippen molar-refractivity contribution >= 4 is 5.82 Å². The van der Waals surface area contributed by atoms with Crippen molar-refractivity contribution in [3.63, 3.8) is 0 Å². The van der Waals surface area contributed by atoms with Crippen LogP contribution in [0.25, 0.3) is 17.1 Å². The number of rotatable bonds is 5. The Balaban J connectivity index is 1.27. The second-order valence-corrected chi connectivity index (χ2v) is 10.6.